The van der Waals surface area contributed by atoms with Crippen molar-refractivity contribution in [2.45, 2.75) is 26.8 Å². The second kappa shape index (κ2) is 10.3. The number of ether oxygens (including phenoxy) is 2. The SMILES string of the molecule is CCOC(=O)C1=C(C)N=c2s/c(=C/c3c(OC)ccc4ccccc34)c(=O)n2[C@@H]1c1ccc(C)c([N+](=O)[O-])c1. The lowest BCUT2D eigenvalue weighted by atomic mass is 9.94. The molecule has 0 spiro atoms. The van der Waals surface area contributed by atoms with E-state index in [2.05, 4.69) is 4.99 Å². The molecule has 1 aromatic heterocycles. The molecule has 198 valence electrons. The highest BCUT2D eigenvalue weighted by atomic mass is 32.1. The quantitative estimate of drug-likeness (QED) is 0.205. The number of nitro benzene ring substituents is 1. The van der Waals surface area contributed by atoms with E-state index in [4.69, 9.17) is 9.47 Å². The molecule has 9 nitrogen and oxygen atoms in total. The van der Waals surface area contributed by atoms with E-state index in [9.17, 15) is 19.7 Å². The third kappa shape index (κ3) is 4.52. The van der Waals surface area contributed by atoms with Crippen molar-refractivity contribution < 1.29 is 19.2 Å². The Morgan fingerprint density at radius 1 is 1.18 bits per heavy atom. The van der Waals surface area contributed by atoms with Crippen molar-refractivity contribution in [1.82, 2.24) is 4.57 Å². The van der Waals surface area contributed by atoms with Gasteiger partial charge in [-0.15, -0.1) is 0 Å². The molecule has 3 aromatic carbocycles. The average molecular weight is 544 g/mol. The van der Waals surface area contributed by atoms with Crippen molar-refractivity contribution in [3.8, 4) is 5.75 Å². The summed E-state index contributed by atoms with van der Waals surface area (Å²) in [5, 5.41) is 13.6. The molecule has 0 amide bonds. The lowest BCUT2D eigenvalue weighted by Crippen LogP contribution is -2.40. The number of nitro groups is 1. The zero-order valence-corrected chi connectivity index (χ0v) is 22.6. The molecule has 2 heterocycles. The number of fused-ring (bicyclic) bond motifs is 2. The molecule has 1 aliphatic heterocycles. The van der Waals surface area contributed by atoms with Crippen LogP contribution in [0.15, 0.2) is 75.7 Å². The highest BCUT2D eigenvalue weighted by Crippen LogP contribution is 2.34. The van der Waals surface area contributed by atoms with E-state index in [-0.39, 0.29) is 23.4 Å². The lowest BCUT2D eigenvalue weighted by Gasteiger charge is -2.24. The Morgan fingerprint density at radius 3 is 2.67 bits per heavy atom. The number of carbonyl (C=O) groups is 1. The van der Waals surface area contributed by atoms with Crippen LogP contribution in [-0.4, -0.2) is 29.2 Å². The van der Waals surface area contributed by atoms with Crippen LogP contribution in [0, 0.1) is 17.0 Å². The number of hydrogen-bond acceptors (Lipinski definition) is 8. The van der Waals surface area contributed by atoms with Gasteiger partial charge in [0.1, 0.15) is 5.75 Å². The van der Waals surface area contributed by atoms with Gasteiger partial charge in [0, 0.05) is 17.2 Å². The Kier molecular flexibility index (Phi) is 6.88. The van der Waals surface area contributed by atoms with Crippen molar-refractivity contribution in [3.05, 3.63) is 112 Å². The number of aromatic nitrogens is 1. The molecule has 0 bridgehead atoms. The normalized spacial score (nSPS) is 15.2. The number of esters is 1. The number of methoxy groups -OCH3 is 1. The molecule has 1 atom stereocenters. The van der Waals surface area contributed by atoms with Gasteiger partial charge in [-0.3, -0.25) is 19.5 Å². The van der Waals surface area contributed by atoms with Crippen LogP contribution in [0.3, 0.4) is 0 Å². The molecule has 5 rings (SSSR count). The maximum absolute atomic E-state index is 14.0. The van der Waals surface area contributed by atoms with Crippen LogP contribution in [0.5, 0.6) is 5.75 Å². The van der Waals surface area contributed by atoms with E-state index in [1.165, 1.54) is 22.0 Å². The van der Waals surface area contributed by atoms with Gasteiger partial charge in [0.2, 0.25) is 0 Å². The number of rotatable bonds is 6. The first kappa shape index (κ1) is 26.1. The van der Waals surface area contributed by atoms with Crippen LogP contribution in [0.4, 0.5) is 5.69 Å². The number of benzene rings is 3. The Bertz CT molecular complexity index is 1870. The molecular weight excluding hydrogens is 518 g/mol. The van der Waals surface area contributed by atoms with E-state index in [0.717, 1.165) is 16.3 Å². The van der Waals surface area contributed by atoms with E-state index >= 15 is 0 Å². The Balaban J connectivity index is 1.80. The summed E-state index contributed by atoms with van der Waals surface area (Å²) in [5.74, 6) is -0.0226. The molecule has 0 saturated heterocycles. The minimum absolute atomic E-state index is 0.104. The summed E-state index contributed by atoms with van der Waals surface area (Å²) in [7, 11) is 1.57. The summed E-state index contributed by atoms with van der Waals surface area (Å²) in [6.45, 7) is 5.12. The fraction of sp³-hybridized carbons (Fsp3) is 0.207. The van der Waals surface area contributed by atoms with E-state index in [1.807, 2.05) is 36.4 Å². The predicted octanol–water partition coefficient (Wildman–Crippen LogP) is 4.18. The van der Waals surface area contributed by atoms with E-state index in [1.54, 1.807) is 46.1 Å². The zero-order chi connectivity index (χ0) is 27.8. The van der Waals surface area contributed by atoms with Gasteiger partial charge in [-0.05, 0) is 49.2 Å². The Hall–Kier alpha value is -4.57. The largest absolute Gasteiger partial charge is 0.496 e. The van der Waals surface area contributed by atoms with Gasteiger partial charge < -0.3 is 9.47 Å². The van der Waals surface area contributed by atoms with Gasteiger partial charge >= 0.3 is 5.97 Å². The lowest BCUT2D eigenvalue weighted by molar-refractivity contribution is -0.385. The van der Waals surface area contributed by atoms with Crippen molar-refractivity contribution >= 4 is 39.8 Å². The number of aryl methyl sites for hydroxylation is 1. The van der Waals surface area contributed by atoms with E-state index in [0.29, 0.717) is 31.9 Å². The van der Waals surface area contributed by atoms with Crippen LogP contribution < -0.4 is 19.6 Å². The number of hydrogen-bond donors (Lipinski definition) is 0. The number of carbonyl (C=O) groups excluding carboxylic acids is 1. The smallest absolute Gasteiger partial charge is 0.338 e. The second-order valence-corrected chi connectivity index (χ2v) is 10.0. The molecule has 39 heavy (non-hydrogen) atoms. The van der Waals surface area contributed by atoms with Crippen LogP contribution in [0.25, 0.3) is 16.8 Å². The first-order valence-corrected chi connectivity index (χ1v) is 13.1. The molecule has 0 radical (unpaired) electrons. The fourth-order valence-electron chi connectivity index (χ4n) is 4.83. The first-order chi connectivity index (χ1) is 18.7. The summed E-state index contributed by atoms with van der Waals surface area (Å²) in [4.78, 5) is 43.3. The van der Waals surface area contributed by atoms with Gasteiger partial charge in [0.05, 0.1) is 40.5 Å². The van der Waals surface area contributed by atoms with Gasteiger partial charge in [-0.2, -0.15) is 0 Å². The van der Waals surface area contributed by atoms with E-state index < -0.39 is 16.9 Å². The monoisotopic (exact) mass is 543 g/mol. The zero-order valence-electron chi connectivity index (χ0n) is 21.8. The number of thiazole rings is 1. The molecule has 0 N–H and O–H groups in total. The molecule has 0 unspecified atom stereocenters. The number of nitrogens with zero attached hydrogens (tertiary/aromatic N) is 3. The minimum atomic E-state index is -0.948. The molecule has 0 fully saturated rings. The van der Waals surface area contributed by atoms with Crippen molar-refractivity contribution in [1.29, 1.82) is 0 Å². The molecule has 4 aromatic rings. The minimum Gasteiger partial charge on any atom is -0.496 e. The maximum Gasteiger partial charge on any atom is 0.338 e. The van der Waals surface area contributed by atoms with Gasteiger partial charge in [-0.25, -0.2) is 9.79 Å². The van der Waals surface area contributed by atoms with Crippen molar-refractivity contribution in [2.75, 3.05) is 13.7 Å². The van der Waals surface area contributed by atoms with Crippen molar-refractivity contribution in [3.63, 3.8) is 0 Å². The standard InChI is InChI=1S/C29H25N3O6S/c1-5-38-28(34)25-17(3)30-29-31(26(25)19-11-10-16(2)22(14-19)32(35)36)27(33)24(39-29)15-21-20-9-7-6-8-18(20)12-13-23(21)37-4/h6-15,26H,5H2,1-4H3/b24-15+/t26-/m1/s1. The van der Waals surface area contributed by atoms with Crippen molar-refractivity contribution in [2.24, 2.45) is 4.99 Å². The third-order valence-corrected chi connectivity index (χ3v) is 7.67. The van der Waals surface area contributed by atoms with Crippen LogP contribution in [0.1, 0.15) is 36.6 Å². The molecule has 0 aliphatic carbocycles. The van der Waals surface area contributed by atoms with Gasteiger partial charge in [0.25, 0.3) is 11.2 Å². The highest BCUT2D eigenvalue weighted by Gasteiger charge is 2.34. The summed E-state index contributed by atoms with van der Waals surface area (Å²) in [6.07, 6.45) is 1.77. The third-order valence-electron chi connectivity index (χ3n) is 6.69. The molecular formula is C29H25N3O6S. The fourth-order valence-corrected chi connectivity index (χ4v) is 5.86. The first-order valence-electron chi connectivity index (χ1n) is 12.3. The summed E-state index contributed by atoms with van der Waals surface area (Å²) in [5.41, 5.74) is 1.69. The highest BCUT2D eigenvalue weighted by molar-refractivity contribution is 7.07. The van der Waals surface area contributed by atoms with Crippen LogP contribution in [-0.2, 0) is 9.53 Å². The van der Waals surface area contributed by atoms with Gasteiger partial charge in [0.15, 0.2) is 4.80 Å². The Labute approximate surface area is 227 Å². The summed E-state index contributed by atoms with van der Waals surface area (Å²) < 4.78 is 12.7. The summed E-state index contributed by atoms with van der Waals surface area (Å²) >= 11 is 1.18. The Morgan fingerprint density at radius 2 is 1.95 bits per heavy atom. The predicted molar refractivity (Wildman–Crippen MR) is 149 cm³/mol. The van der Waals surface area contributed by atoms with Crippen LogP contribution >= 0.6 is 11.3 Å². The second-order valence-electron chi connectivity index (χ2n) is 9.01. The average Bonchev–Trinajstić information content (AvgIpc) is 3.22. The van der Waals surface area contributed by atoms with Gasteiger partial charge in [-0.1, -0.05) is 53.8 Å². The number of allylic oxidation sites excluding steroid dienone is 1. The molecule has 10 heteroatoms. The van der Waals surface area contributed by atoms with Crippen LogP contribution in [0.2, 0.25) is 0 Å². The summed E-state index contributed by atoms with van der Waals surface area (Å²) in [6, 6.07) is 15.4. The molecule has 0 saturated carbocycles. The molecule has 1 aliphatic rings. The topological polar surface area (TPSA) is 113 Å². The maximum atomic E-state index is 14.0.